The minimum atomic E-state index is -0.0975. The molecular formula is C28H43N7O4. The first-order chi connectivity index (χ1) is 19.3. The number of amides is 1. The summed E-state index contributed by atoms with van der Waals surface area (Å²) in [5.74, 6) is 1.76. The molecule has 1 aromatic carbocycles. The van der Waals surface area contributed by atoms with Crippen molar-refractivity contribution in [1.82, 2.24) is 20.3 Å². The Morgan fingerprint density at radius 2 is 1.51 bits per heavy atom. The number of ether oxygens (including phenoxy) is 3. The van der Waals surface area contributed by atoms with E-state index in [9.17, 15) is 4.79 Å². The Hall–Kier alpha value is -3.02. The monoisotopic (exact) mass is 541 g/mol. The Bertz CT molecular complexity index is 968. The molecule has 3 N–H and O–H groups in total. The molecule has 0 spiro atoms. The fourth-order valence-corrected chi connectivity index (χ4v) is 4.68. The third-order valence-electron chi connectivity index (χ3n) is 6.83. The number of benzene rings is 1. The van der Waals surface area contributed by atoms with Crippen molar-refractivity contribution >= 4 is 23.8 Å². The molecule has 2 aromatic rings. The summed E-state index contributed by atoms with van der Waals surface area (Å²) in [7, 11) is 0. The minimum Gasteiger partial charge on any atom is -0.378 e. The van der Waals surface area contributed by atoms with Gasteiger partial charge in [0.25, 0.3) is 5.91 Å². The second-order valence-electron chi connectivity index (χ2n) is 9.84. The molecule has 0 bridgehead atoms. The van der Waals surface area contributed by atoms with E-state index in [1.807, 2.05) is 18.2 Å². The number of hydrogen-bond donors (Lipinski definition) is 3. The first kappa shape index (κ1) is 29.0. The molecule has 1 aromatic heterocycles. The van der Waals surface area contributed by atoms with E-state index in [0.717, 1.165) is 25.9 Å². The average Bonchev–Trinajstić information content (AvgIpc) is 2.96. The van der Waals surface area contributed by atoms with E-state index in [2.05, 4.69) is 30.8 Å². The van der Waals surface area contributed by atoms with Crippen LogP contribution in [0.15, 0.2) is 30.3 Å². The number of hydrogen-bond acceptors (Lipinski definition) is 10. The van der Waals surface area contributed by atoms with Crippen molar-refractivity contribution in [3.63, 3.8) is 0 Å². The highest BCUT2D eigenvalue weighted by Crippen LogP contribution is 2.21. The molecule has 2 aliphatic rings. The third kappa shape index (κ3) is 10.6. The zero-order valence-electron chi connectivity index (χ0n) is 22.9. The topological polar surface area (TPSA) is 123 Å². The molecule has 11 heteroatoms. The van der Waals surface area contributed by atoms with E-state index in [1.54, 1.807) is 12.1 Å². The Balaban J connectivity index is 1.15. The molecule has 2 fully saturated rings. The first-order valence-corrected chi connectivity index (χ1v) is 14.4. The summed E-state index contributed by atoms with van der Waals surface area (Å²) in [6.45, 7) is 5.79. The zero-order valence-corrected chi connectivity index (χ0v) is 22.9. The number of aromatic nitrogens is 3. The molecule has 4 rings (SSSR count). The highest BCUT2D eigenvalue weighted by atomic mass is 16.5. The van der Waals surface area contributed by atoms with Gasteiger partial charge in [0.05, 0.1) is 39.6 Å². The Labute approximate surface area is 231 Å². The Morgan fingerprint density at radius 3 is 2.26 bits per heavy atom. The standard InChI is InChI=1S/C28H43N7O4/c36-25(23-9-5-4-6-10-23)29-13-17-37-21-22-38-18-14-30-26-32-27(31-24-11-7-2-1-3-8-12-24)34-28(33-26)35-15-19-39-20-16-35/h4-6,9-10,24H,1-3,7-8,11-22H2,(H,29,36)(H2,30,31,32,33,34). The quantitative estimate of drug-likeness (QED) is 0.308. The number of morpholine rings is 1. The van der Waals surface area contributed by atoms with Crippen LogP contribution >= 0.6 is 0 Å². The molecule has 11 nitrogen and oxygen atoms in total. The average molecular weight is 542 g/mol. The van der Waals surface area contributed by atoms with E-state index < -0.39 is 0 Å². The molecular weight excluding hydrogens is 498 g/mol. The minimum absolute atomic E-state index is 0.0975. The number of carbonyl (C=O) groups excluding carboxylic acids is 1. The van der Waals surface area contributed by atoms with Gasteiger partial charge in [0.15, 0.2) is 0 Å². The maximum absolute atomic E-state index is 12.0. The van der Waals surface area contributed by atoms with E-state index in [1.165, 1.54) is 32.1 Å². The highest BCUT2D eigenvalue weighted by molar-refractivity contribution is 5.94. The van der Waals surface area contributed by atoms with E-state index in [0.29, 0.717) is 82.2 Å². The zero-order chi connectivity index (χ0) is 27.0. The van der Waals surface area contributed by atoms with Gasteiger partial charge in [-0.1, -0.05) is 50.3 Å². The van der Waals surface area contributed by atoms with Crippen molar-refractivity contribution in [2.45, 2.75) is 51.0 Å². The maximum Gasteiger partial charge on any atom is 0.251 e. The van der Waals surface area contributed by atoms with Gasteiger partial charge in [0.2, 0.25) is 17.8 Å². The fraction of sp³-hybridized carbons (Fsp3) is 0.643. The van der Waals surface area contributed by atoms with Crippen LogP contribution in [0.2, 0.25) is 0 Å². The lowest BCUT2D eigenvalue weighted by Gasteiger charge is -2.27. The lowest BCUT2D eigenvalue weighted by Crippen LogP contribution is -2.37. The van der Waals surface area contributed by atoms with Gasteiger partial charge in [0, 0.05) is 37.8 Å². The lowest BCUT2D eigenvalue weighted by molar-refractivity contribution is 0.0519. The van der Waals surface area contributed by atoms with Crippen LogP contribution in [0, 0.1) is 0 Å². The van der Waals surface area contributed by atoms with E-state index in [-0.39, 0.29) is 5.91 Å². The van der Waals surface area contributed by atoms with Crippen molar-refractivity contribution in [2.24, 2.45) is 0 Å². The number of nitrogens with zero attached hydrogens (tertiary/aromatic N) is 4. The number of nitrogens with one attached hydrogen (secondary N) is 3. The predicted molar refractivity (Wildman–Crippen MR) is 151 cm³/mol. The van der Waals surface area contributed by atoms with Gasteiger partial charge in [-0.05, 0) is 25.0 Å². The SMILES string of the molecule is O=C(NCCOCCOCCNc1nc(NC2CCCCCCC2)nc(N2CCOCC2)n1)c1ccccc1. The molecule has 2 heterocycles. The van der Waals surface area contributed by atoms with Crippen molar-refractivity contribution in [2.75, 3.05) is 81.4 Å². The largest absolute Gasteiger partial charge is 0.378 e. The predicted octanol–water partition coefficient (Wildman–Crippen LogP) is 3.11. The van der Waals surface area contributed by atoms with Crippen molar-refractivity contribution < 1.29 is 19.0 Å². The van der Waals surface area contributed by atoms with Gasteiger partial charge in [-0.15, -0.1) is 0 Å². The summed E-state index contributed by atoms with van der Waals surface area (Å²) in [5, 5.41) is 9.72. The van der Waals surface area contributed by atoms with Gasteiger partial charge in [-0.2, -0.15) is 15.0 Å². The molecule has 1 aliphatic carbocycles. The number of anilines is 3. The molecule has 1 saturated heterocycles. The van der Waals surface area contributed by atoms with Gasteiger partial charge in [-0.3, -0.25) is 4.79 Å². The van der Waals surface area contributed by atoms with Crippen LogP contribution in [0.1, 0.15) is 55.3 Å². The first-order valence-electron chi connectivity index (χ1n) is 14.4. The maximum atomic E-state index is 12.0. The third-order valence-corrected chi connectivity index (χ3v) is 6.83. The van der Waals surface area contributed by atoms with Crippen LogP contribution in [0.25, 0.3) is 0 Å². The van der Waals surface area contributed by atoms with Crippen LogP contribution in [-0.2, 0) is 14.2 Å². The number of carbonyl (C=O) groups is 1. The van der Waals surface area contributed by atoms with Gasteiger partial charge < -0.3 is 35.1 Å². The summed E-state index contributed by atoms with van der Waals surface area (Å²) in [6, 6.07) is 9.54. The molecule has 0 radical (unpaired) electrons. The summed E-state index contributed by atoms with van der Waals surface area (Å²) in [5.41, 5.74) is 0.645. The van der Waals surface area contributed by atoms with E-state index in [4.69, 9.17) is 19.2 Å². The van der Waals surface area contributed by atoms with Crippen LogP contribution in [-0.4, -0.2) is 92.7 Å². The second-order valence-corrected chi connectivity index (χ2v) is 9.84. The highest BCUT2D eigenvalue weighted by Gasteiger charge is 2.18. The Kier molecular flexibility index (Phi) is 12.5. The molecule has 214 valence electrons. The van der Waals surface area contributed by atoms with Crippen molar-refractivity contribution in [1.29, 1.82) is 0 Å². The van der Waals surface area contributed by atoms with Crippen molar-refractivity contribution in [3.8, 4) is 0 Å². The molecule has 1 amide bonds. The molecule has 0 atom stereocenters. The summed E-state index contributed by atoms with van der Waals surface area (Å²) in [4.78, 5) is 28.2. The lowest BCUT2D eigenvalue weighted by atomic mass is 9.97. The van der Waals surface area contributed by atoms with Gasteiger partial charge in [-0.25, -0.2) is 0 Å². The molecule has 0 unspecified atom stereocenters. The summed E-state index contributed by atoms with van der Waals surface area (Å²) < 4.78 is 16.7. The van der Waals surface area contributed by atoms with Gasteiger partial charge >= 0.3 is 0 Å². The van der Waals surface area contributed by atoms with Crippen LogP contribution in [0.5, 0.6) is 0 Å². The smallest absolute Gasteiger partial charge is 0.251 e. The number of rotatable bonds is 14. The molecule has 39 heavy (non-hydrogen) atoms. The molecule has 1 aliphatic heterocycles. The second kappa shape index (κ2) is 16.8. The van der Waals surface area contributed by atoms with Crippen LogP contribution < -0.4 is 20.9 Å². The summed E-state index contributed by atoms with van der Waals surface area (Å²) in [6.07, 6.45) is 8.73. The Morgan fingerprint density at radius 1 is 0.846 bits per heavy atom. The normalized spacial score (nSPS) is 16.8. The van der Waals surface area contributed by atoms with E-state index >= 15 is 0 Å². The van der Waals surface area contributed by atoms with Crippen LogP contribution in [0.3, 0.4) is 0 Å². The van der Waals surface area contributed by atoms with Crippen molar-refractivity contribution in [3.05, 3.63) is 35.9 Å². The van der Waals surface area contributed by atoms with Gasteiger partial charge in [0.1, 0.15) is 0 Å². The fourth-order valence-electron chi connectivity index (χ4n) is 4.68. The van der Waals surface area contributed by atoms with Crippen LogP contribution in [0.4, 0.5) is 17.8 Å². The molecule has 1 saturated carbocycles. The summed E-state index contributed by atoms with van der Waals surface area (Å²) >= 11 is 0.